The number of aliphatic hydroxyl groups excluding tert-OH is 1. The van der Waals surface area contributed by atoms with Gasteiger partial charge in [-0.25, -0.2) is 0 Å². The zero-order valence-corrected chi connectivity index (χ0v) is 11.4. The third kappa shape index (κ3) is 1.14. The summed E-state index contributed by atoms with van der Waals surface area (Å²) in [5.74, 6) is 1.62. The molecule has 4 saturated carbocycles. The average molecular weight is 238 g/mol. The van der Waals surface area contributed by atoms with Crippen LogP contribution in [0.4, 0.5) is 0 Å². The third-order valence-corrected chi connectivity index (χ3v) is 7.08. The smallest absolute Gasteiger partial charge is 0.0757 e. The molecule has 5 atom stereocenters. The van der Waals surface area contributed by atoms with E-state index in [1.807, 2.05) is 0 Å². The molecule has 17 heavy (non-hydrogen) atoms. The van der Waals surface area contributed by atoms with E-state index in [2.05, 4.69) is 20.8 Å². The lowest BCUT2D eigenvalue weighted by Crippen LogP contribution is -2.71. The van der Waals surface area contributed by atoms with Gasteiger partial charge in [0.25, 0.3) is 0 Å². The molecule has 0 radical (unpaired) electrons. The molecule has 2 nitrogen and oxygen atoms in total. The van der Waals surface area contributed by atoms with Crippen molar-refractivity contribution >= 4 is 0 Å². The molecule has 4 aliphatic carbocycles. The molecule has 0 saturated heterocycles. The first-order chi connectivity index (χ1) is 7.87. The molecule has 0 aromatic carbocycles. The Hall–Kier alpha value is -0.0800. The van der Waals surface area contributed by atoms with Crippen LogP contribution < -0.4 is 0 Å². The van der Waals surface area contributed by atoms with Gasteiger partial charge in [-0.1, -0.05) is 20.8 Å². The SMILES string of the molecule is CC1(C)C2CCC3(C)C(C2)C(CO)CCC13O. The van der Waals surface area contributed by atoms with Gasteiger partial charge < -0.3 is 10.2 Å². The molecule has 0 aromatic rings. The number of hydrogen-bond donors (Lipinski definition) is 2. The summed E-state index contributed by atoms with van der Waals surface area (Å²) in [4.78, 5) is 0. The minimum Gasteiger partial charge on any atom is -0.396 e. The molecule has 0 heterocycles. The number of rotatable bonds is 1. The van der Waals surface area contributed by atoms with Crippen LogP contribution in [0.2, 0.25) is 0 Å². The van der Waals surface area contributed by atoms with Gasteiger partial charge in [0, 0.05) is 12.0 Å². The van der Waals surface area contributed by atoms with E-state index < -0.39 is 5.60 Å². The fraction of sp³-hybridized carbons (Fsp3) is 1.00. The monoisotopic (exact) mass is 238 g/mol. The normalized spacial score (nSPS) is 55.9. The Bertz CT molecular complexity index is 338. The van der Waals surface area contributed by atoms with Crippen molar-refractivity contribution in [1.82, 2.24) is 0 Å². The lowest BCUT2D eigenvalue weighted by molar-refractivity contribution is -0.294. The maximum Gasteiger partial charge on any atom is 0.0757 e. The molecule has 0 aliphatic heterocycles. The van der Waals surface area contributed by atoms with E-state index >= 15 is 0 Å². The van der Waals surface area contributed by atoms with Crippen LogP contribution in [0.1, 0.15) is 52.9 Å². The minimum absolute atomic E-state index is 0.0386. The fourth-order valence-electron chi connectivity index (χ4n) is 5.72. The molecule has 0 amide bonds. The van der Waals surface area contributed by atoms with Crippen molar-refractivity contribution in [3.63, 3.8) is 0 Å². The predicted molar refractivity (Wildman–Crippen MR) is 67.5 cm³/mol. The average Bonchev–Trinajstić information content (AvgIpc) is 2.28. The van der Waals surface area contributed by atoms with Crippen LogP contribution in [-0.4, -0.2) is 22.4 Å². The van der Waals surface area contributed by atoms with E-state index in [9.17, 15) is 10.2 Å². The molecule has 5 unspecified atom stereocenters. The Morgan fingerprint density at radius 1 is 1.12 bits per heavy atom. The van der Waals surface area contributed by atoms with Gasteiger partial charge in [0.15, 0.2) is 0 Å². The maximum absolute atomic E-state index is 11.3. The highest BCUT2D eigenvalue weighted by Gasteiger charge is 2.70. The van der Waals surface area contributed by atoms with Crippen LogP contribution >= 0.6 is 0 Å². The largest absolute Gasteiger partial charge is 0.396 e. The second-order valence-electron chi connectivity index (χ2n) is 7.56. The van der Waals surface area contributed by atoms with Crippen LogP contribution in [-0.2, 0) is 0 Å². The fourth-order valence-corrected chi connectivity index (χ4v) is 5.72. The first-order valence-corrected chi connectivity index (χ1v) is 7.20. The van der Waals surface area contributed by atoms with Crippen LogP contribution in [0.5, 0.6) is 0 Å². The van der Waals surface area contributed by atoms with Crippen molar-refractivity contribution in [2.45, 2.75) is 58.5 Å². The molecule has 4 bridgehead atoms. The summed E-state index contributed by atoms with van der Waals surface area (Å²) in [5, 5.41) is 20.9. The Kier molecular flexibility index (Phi) is 2.30. The highest BCUT2D eigenvalue weighted by Crippen LogP contribution is 2.71. The van der Waals surface area contributed by atoms with E-state index in [-0.39, 0.29) is 10.8 Å². The summed E-state index contributed by atoms with van der Waals surface area (Å²) >= 11 is 0. The van der Waals surface area contributed by atoms with E-state index in [4.69, 9.17) is 0 Å². The van der Waals surface area contributed by atoms with Gasteiger partial charge in [0.05, 0.1) is 5.60 Å². The molecule has 98 valence electrons. The van der Waals surface area contributed by atoms with Crippen molar-refractivity contribution in [2.75, 3.05) is 6.61 Å². The molecule has 4 aliphatic rings. The highest BCUT2D eigenvalue weighted by molar-refractivity contribution is 5.19. The van der Waals surface area contributed by atoms with Crippen LogP contribution in [0.25, 0.3) is 0 Å². The van der Waals surface area contributed by atoms with Crippen molar-refractivity contribution in [1.29, 1.82) is 0 Å². The molecule has 2 heteroatoms. The standard InChI is InChI=1S/C15H26O2/c1-13(2)11-5-6-14(3)12(8-11)10(9-16)4-7-15(13,14)17/h10-12,16-17H,4-9H2,1-3H3. The van der Waals surface area contributed by atoms with Crippen molar-refractivity contribution in [3.05, 3.63) is 0 Å². The number of aliphatic hydroxyl groups is 2. The van der Waals surface area contributed by atoms with E-state index in [0.717, 1.165) is 19.3 Å². The Balaban J connectivity index is 2.08. The zero-order valence-electron chi connectivity index (χ0n) is 11.4. The highest BCUT2D eigenvalue weighted by atomic mass is 16.3. The van der Waals surface area contributed by atoms with Crippen molar-refractivity contribution in [2.24, 2.45) is 28.6 Å². The molecule has 4 fully saturated rings. The Morgan fingerprint density at radius 3 is 2.47 bits per heavy atom. The minimum atomic E-state index is -0.502. The van der Waals surface area contributed by atoms with Gasteiger partial charge in [0.1, 0.15) is 0 Å². The van der Waals surface area contributed by atoms with Gasteiger partial charge in [0.2, 0.25) is 0 Å². The lowest BCUT2D eigenvalue weighted by atomic mass is 9.35. The second-order valence-corrected chi connectivity index (χ2v) is 7.56. The Morgan fingerprint density at radius 2 is 1.82 bits per heavy atom. The summed E-state index contributed by atoms with van der Waals surface area (Å²) in [6.07, 6.45) is 5.52. The summed E-state index contributed by atoms with van der Waals surface area (Å²) in [7, 11) is 0. The van der Waals surface area contributed by atoms with Crippen molar-refractivity contribution < 1.29 is 10.2 Å². The van der Waals surface area contributed by atoms with E-state index in [1.54, 1.807) is 0 Å². The quantitative estimate of drug-likeness (QED) is 0.737. The van der Waals surface area contributed by atoms with Crippen LogP contribution in [0.15, 0.2) is 0 Å². The van der Waals surface area contributed by atoms with Gasteiger partial charge >= 0.3 is 0 Å². The maximum atomic E-state index is 11.3. The zero-order chi connectivity index (χ0) is 12.5. The van der Waals surface area contributed by atoms with Crippen LogP contribution in [0, 0.1) is 28.6 Å². The van der Waals surface area contributed by atoms with E-state index in [1.165, 1.54) is 12.8 Å². The molecule has 0 spiro atoms. The van der Waals surface area contributed by atoms with Gasteiger partial charge in [-0.15, -0.1) is 0 Å². The van der Waals surface area contributed by atoms with Crippen LogP contribution in [0.3, 0.4) is 0 Å². The van der Waals surface area contributed by atoms with Crippen molar-refractivity contribution in [3.8, 4) is 0 Å². The molecular weight excluding hydrogens is 212 g/mol. The molecule has 0 aromatic heterocycles. The molecule has 4 rings (SSSR count). The first kappa shape index (κ1) is 12.0. The summed E-state index contributed by atoms with van der Waals surface area (Å²) in [6, 6.07) is 0. The first-order valence-electron chi connectivity index (χ1n) is 7.20. The van der Waals surface area contributed by atoms with Gasteiger partial charge in [-0.05, 0) is 55.3 Å². The lowest BCUT2D eigenvalue weighted by Gasteiger charge is -2.71. The summed E-state index contributed by atoms with van der Waals surface area (Å²) < 4.78 is 0. The number of hydrogen-bond acceptors (Lipinski definition) is 2. The molecular formula is C15H26O2. The summed E-state index contributed by atoms with van der Waals surface area (Å²) in [6.45, 7) is 7.13. The summed E-state index contributed by atoms with van der Waals surface area (Å²) in [5.41, 5.74) is -0.411. The number of fused-ring (bicyclic) bond motifs is 1. The molecule has 2 N–H and O–H groups in total. The van der Waals surface area contributed by atoms with Gasteiger partial charge in [-0.3, -0.25) is 0 Å². The van der Waals surface area contributed by atoms with E-state index in [0.29, 0.717) is 24.4 Å². The van der Waals surface area contributed by atoms with Gasteiger partial charge in [-0.2, -0.15) is 0 Å². The Labute approximate surface area is 104 Å². The second kappa shape index (κ2) is 3.27. The topological polar surface area (TPSA) is 40.5 Å². The predicted octanol–water partition coefficient (Wildman–Crippen LogP) is 2.58. The third-order valence-electron chi connectivity index (χ3n) is 7.08.